The Morgan fingerprint density at radius 2 is 1.89 bits per heavy atom. The van der Waals surface area contributed by atoms with Gasteiger partial charge in [-0.25, -0.2) is 9.97 Å². The van der Waals surface area contributed by atoms with Crippen LogP contribution in [0.4, 0.5) is 5.82 Å². The molecule has 1 aromatic heterocycles. The number of aromatic nitrogens is 2. The lowest BCUT2D eigenvalue weighted by Gasteiger charge is -2.09. The SMILES string of the molecule is O=C(Nc1ccnc(Cl)n1)C1Cc2ccccc2C1. The molecule has 1 aromatic carbocycles. The predicted molar refractivity (Wildman–Crippen MR) is 73.0 cm³/mol. The van der Waals surface area contributed by atoms with E-state index in [1.807, 2.05) is 12.1 Å². The van der Waals surface area contributed by atoms with Crippen LogP contribution in [-0.2, 0) is 17.6 Å². The van der Waals surface area contributed by atoms with Gasteiger partial charge in [0.1, 0.15) is 5.82 Å². The molecule has 1 aliphatic carbocycles. The fraction of sp³-hybridized carbons (Fsp3) is 0.214. The molecule has 5 heteroatoms. The molecular weight excluding hydrogens is 262 g/mol. The third-order valence-electron chi connectivity index (χ3n) is 3.30. The van der Waals surface area contributed by atoms with E-state index in [0.29, 0.717) is 5.82 Å². The molecule has 0 bridgehead atoms. The Hall–Kier alpha value is -1.94. The zero-order valence-corrected chi connectivity index (χ0v) is 10.9. The van der Waals surface area contributed by atoms with Crippen LogP contribution < -0.4 is 5.32 Å². The van der Waals surface area contributed by atoms with Crippen molar-refractivity contribution in [1.29, 1.82) is 0 Å². The number of hydrogen-bond acceptors (Lipinski definition) is 3. The number of nitrogens with one attached hydrogen (secondary N) is 1. The summed E-state index contributed by atoms with van der Waals surface area (Å²) in [5, 5.41) is 2.92. The van der Waals surface area contributed by atoms with Crippen LogP contribution in [-0.4, -0.2) is 15.9 Å². The number of anilines is 1. The number of carbonyl (C=O) groups excluding carboxylic acids is 1. The first-order valence-corrected chi connectivity index (χ1v) is 6.46. The third kappa shape index (κ3) is 2.58. The van der Waals surface area contributed by atoms with Gasteiger partial charge in [-0.2, -0.15) is 0 Å². The minimum Gasteiger partial charge on any atom is -0.310 e. The van der Waals surface area contributed by atoms with Gasteiger partial charge < -0.3 is 5.32 Å². The topological polar surface area (TPSA) is 54.9 Å². The van der Waals surface area contributed by atoms with E-state index < -0.39 is 0 Å². The Labute approximate surface area is 115 Å². The van der Waals surface area contributed by atoms with E-state index in [4.69, 9.17) is 11.6 Å². The van der Waals surface area contributed by atoms with Crippen LogP contribution in [0, 0.1) is 5.92 Å². The highest BCUT2D eigenvalue weighted by Crippen LogP contribution is 2.27. The van der Waals surface area contributed by atoms with Crippen LogP contribution in [0.2, 0.25) is 5.28 Å². The maximum Gasteiger partial charge on any atom is 0.229 e. The Kier molecular flexibility index (Phi) is 3.17. The van der Waals surface area contributed by atoms with Gasteiger partial charge in [0.15, 0.2) is 0 Å². The number of carbonyl (C=O) groups is 1. The number of halogens is 1. The summed E-state index contributed by atoms with van der Waals surface area (Å²) >= 11 is 5.69. The standard InChI is InChI=1S/C14H12ClN3O/c15-14-16-6-5-12(18-14)17-13(19)11-7-9-3-1-2-4-10(9)8-11/h1-6,11H,7-8H2,(H,16,17,18,19). The molecule has 0 fully saturated rings. The van der Waals surface area contributed by atoms with E-state index >= 15 is 0 Å². The number of amides is 1. The summed E-state index contributed by atoms with van der Waals surface area (Å²) in [5.41, 5.74) is 2.51. The second kappa shape index (κ2) is 4.97. The predicted octanol–water partition coefficient (Wildman–Crippen LogP) is 2.48. The Morgan fingerprint density at radius 1 is 1.21 bits per heavy atom. The van der Waals surface area contributed by atoms with Gasteiger partial charge >= 0.3 is 0 Å². The smallest absolute Gasteiger partial charge is 0.229 e. The minimum absolute atomic E-state index is 0.0223. The van der Waals surface area contributed by atoms with E-state index in [9.17, 15) is 4.79 Å². The fourth-order valence-electron chi connectivity index (χ4n) is 2.38. The Bertz CT molecular complexity index is 605. The van der Waals surface area contributed by atoms with Crippen LogP contribution in [0.25, 0.3) is 0 Å². The Balaban J connectivity index is 1.70. The van der Waals surface area contributed by atoms with Gasteiger partial charge in [-0.15, -0.1) is 0 Å². The van der Waals surface area contributed by atoms with Crippen LogP contribution in [0.3, 0.4) is 0 Å². The first-order valence-electron chi connectivity index (χ1n) is 6.08. The second-order valence-corrected chi connectivity index (χ2v) is 4.91. The summed E-state index contributed by atoms with van der Waals surface area (Å²) in [7, 11) is 0. The molecule has 0 atom stereocenters. The largest absolute Gasteiger partial charge is 0.310 e. The van der Waals surface area contributed by atoms with Crippen molar-refractivity contribution in [2.45, 2.75) is 12.8 Å². The molecular formula is C14H12ClN3O. The summed E-state index contributed by atoms with van der Waals surface area (Å²) < 4.78 is 0. The number of fused-ring (bicyclic) bond motifs is 1. The van der Waals surface area contributed by atoms with E-state index in [1.54, 1.807) is 6.07 Å². The molecule has 1 amide bonds. The molecule has 1 heterocycles. The first-order chi connectivity index (χ1) is 9.22. The molecule has 0 radical (unpaired) electrons. The maximum atomic E-state index is 12.2. The summed E-state index contributed by atoms with van der Waals surface area (Å²) in [5.74, 6) is 0.387. The summed E-state index contributed by atoms with van der Waals surface area (Å²) in [6.45, 7) is 0. The zero-order valence-electron chi connectivity index (χ0n) is 10.1. The molecule has 0 saturated carbocycles. The van der Waals surface area contributed by atoms with Gasteiger partial charge in [-0.3, -0.25) is 4.79 Å². The molecule has 19 heavy (non-hydrogen) atoms. The number of nitrogens with zero attached hydrogens (tertiary/aromatic N) is 2. The van der Waals surface area contributed by atoms with Crippen molar-refractivity contribution in [3.63, 3.8) is 0 Å². The zero-order chi connectivity index (χ0) is 13.2. The van der Waals surface area contributed by atoms with Gasteiger partial charge in [0.05, 0.1) is 0 Å². The van der Waals surface area contributed by atoms with Crippen molar-refractivity contribution < 1.29 is 4.79 Å². The van der Waals surface area contributed by atoms with Crippen molar-refractivity contribution in [1.82, 2.24) is 9.97 Å². The van der Waals surface area contributed by atoms with E-state index in [2.05, 4.69) is 27.4 Å². The van der Waals surface area contributed by atoms with E-state index in [-0.39, 0.29) is 17.1 Å². The van der Waals surface area contributed by atoms with Gasteiger partial charge in [0.25, 0.3) is 0 Å². The van der Waals surface area contributed by atoms with E-state index in [0.717, 1.165) is 12.8 Å². The lowest BCUT2D eigenvalue weighted by atomic mass is 10.1. The van der Waals surface area contributed by atoms with Gasteiger partial charge in [-0.05, 0) is 41.6 Å². The summed E-state index contributed by atoms with van der Waals surface area (Å²) in [4.78, 5) is 19.9. The molecule has 4 nitrogen and oxygen atoms in total. The molecule has 2 aromatic rings. The molecule has 0 saturated heterocycles. The fourth-order valence-corrected chi connectivity index (χ4v) is 2.52. The molecule has 1 N–H and O–H groups in total. The maximum absolute atomic E-state index is 12.2. The second-order valence-electron chi connectivity index (χ2n) is 4.57. The van der Waals surface area contributed by atoms with Crippen molar-refractivity contribution in [2.75, 3.05) is 5.32 Å². The van der Waals surface area contributed by atoms with Crippen molar-refractivity contribution in [3.05, 3.63) is 52.9 Å². The Morgan fingerprint density at radius 3 is 2.53 bits per heavy atom. The van der Waals surface area contributed by atoms with Crippen molar-refractivity contribution in [2.24, 2.45) is 5.92 Å². The van der Waals surface area contributed by atoms with Crippen LogP contribution in [0.5, 0.6) is 0 Å². The van der Waals surface area contributed by atoms with Gasteiger partial charge in [0, 0.05) is 12.1 Å². The van der Waals surface area contributed by atoms with Crippen molar-refractivity contribution in [3.8, 4) is 0 Å². The van der Waals surface area contributed by atoms with Crippen LogP contribution in [0.1, 0.15) is 11.1 Å². The number of benzene rings is 1. The average Bonchev–Trinajstić information content (AvgIpc) is 2.82. The first kappa shape index (κ1) is 12.1. The normalized spacial score (nSPS) is 14.2. The van der Waals surface area contributed by atoms with Crippen LogP contribution >= 0.6 is 11.6 Å². The van der Waals surface area contributed by atoms with E-state index in [1.165, 1.54) is 17.3 Å². The molecule has 0 unspecified atom stereocenters. The van der Waals surface area contributed by atoms with Gasteiger partial charge in [-0.1, -0.05) is 24.3 Å². The van der Waals surface area contributed by atoms with Crippen molar-refractivity contribution >= 4 is 23.3 Å². The lowest BCUT2D eigenvalue weighted by Crippen LogP contribution is -2.23. The number of hydrogen-bond donors (Lipinski definition) is 1. The molecule has 3 rings (SSSR count). The molecule has 1 aliphatic rings. The summed E-state index contributed by atoms with van der Waals surface area (Å²) in [6.07, 6.45) is 3.08. The van der Waals surface area contributed by atoms with Gasteiger partial charge in [0.2, 0.25) is 11.2 Å². The number of rotatable bonds is 2. The highest BCUT2D eigenvalue weighted by atomic mass is 35.5. The molecule has 0 aliphatic heterocycles. The third-order valence-corrected chi connectivity index (χ3v) is 3.48. The average molecular weight is 274 g/mol. The lowest BCUT2D eigenvalue weighted by molar-refractivity contribution is -0.119. The monoisotopic (exact) mass is 273 g/mol. The van der Waals surface area contributed by atoms with Crippen LogP contribution in [0.15, 0.2) is 36.5 Å². The quantitative estimate of drug-likeness (QED) is 0.856. The summed E-state index contributed by atoms with van der Waals surface area (Å²) in [6, 6.07) is 9.78. The minimum atomic E-state index is -0.0360. The molecule has 0 spiro atoms. The molecule has 96 valence electrons. The highest BCUT2D eigenvalue weighted by molar-refractivity contribution is 6.28. The highest BCUT2D eigenvalue weighted by Gasteiger charge is 2.27.